The van der Waals surface area contributed by atoms with Crippen molar-refractivity contribution >= 4 is 40.9 Å². The Balaban J connectivity index is 1.42. The maximum absolute atomic E-state index is 13.4. The minimum atomic E-state index is -0.0000977. The number of benzene rings is 2. The van der Waals surface area contributed by atoms with Crippen LogP contribution in [0.3, 0.4) is 0 Å². The van der Waals surface area contributed by atoms with E-state index in [0.717, 1.165) is 21.9 Å². The predicted octanol–water partition coefficient (Wildman–Crippen LogP) is 4.10. The first kappa shape index (κ1) is 18.2. The summed E-state index contributed by atoms with van der Waals surface area (Å²) in [6, 6.07) is 20.1. The van der Waals surface area contributed by atoms with Crippen molar-refractivity contribution < 1.29 is 4.79 Å². The molecule has 1 atom stereocenters. The first-order valence-corrected chi connectivity index (χ1v) is 11.2. The van der Waals surface area contributed by atoms with Gasteiger partial charge in [0.1, 0.15) is 0 Å². The molecule has 1 aliphatic heterocycles. The van der Waals surface area contributed by atoms with Gasteiger partial charge >= 0.3 is 0 Å². The Morgan fingerprint density at radius 1 is 1.10 bits per heavy atom. The molecule has 144 valence electrons. The van der Waals surface area contributed by atoms with Gasteiger partial charge in [-0.15, -0.1) is 16.9 Å². The molecule has 1 unspecified atom stereocenters. The van der Waals surface area contributed by atoms with E-state index >= 15 is 0 Å². The van der Waals surface area contributed by atoms with E-state index in [1.165, 1.54) is 11.8 Å². The Hall–Kier alpha value is -2.84. The number of anilines is 1. The normalized spacial score (nSPS) is 16.0. The maximum Gasteiger partial charge on any atom is 0.253 e. The Bertz CT molecular complexity index is 1130. The first-order valence-electron chi connectivity index (χ1n) is 9.18. The summed E-state index contributed by atoms with van der Waals surface area (Å²) in [5, 5.41) is 4.93. The smallest absolute Gasteiger partial charge is 0.253 e. The Kier molecular flexibility index (Phi) is 4.95. The maximum atomic E-state index is 13.4. The van der Waals surface area contributed by atoms with Crippen LogP contribution in [0.5, 0.6) is 0 Å². The standard InChI is InChI=1S/C21H17N5OS2/c27-19(14-29-21-23-20-22-11-6-12-25(20)24-21)26-16-9-4-5-10-18(16)28-13-17(26)15-7-2-1-3-8-15/h1-12,17H,13-14H2. The van der Waals surface area contributed by atoms with Crippen molar-refractivity contribution in [2.75, 3.05) is 16.4 Å². The van der Waals surface area contributed by atoms with Gasteiger partial charge < -0.3 is 4.90 Å². The number of hydrogen-bond acceptors (Lipinski definition) is 6. The molecule has 0 saturated heterocycles. The molecule has 0 fully saturated rings. The number of para-hydroxylation sites is 1. The van der Waals surface area contributed by atoms with E-state index in [1.54, 1.807) is 34.7 Å². The van der Waals surface area contributed by atoms with Crippen molar-refractivity contribution in [1.82, 2.24) is 19.6 Å². The number of carbonyl (C=O) groups excluding carboxylic acids is 1. The molecule has 29 heavy (non-hydrogen) atoms. The van der Waals surface area contributed by atoms with Crippen molar-refractivity contribution in [2.24, 2.45) is 0 Å². The molecule has 6 nitrogen and oxygen atoms in total. The van der Waals surface area contributed by atoms with Gasteiger partial charge in [-0.05, 0) is 23.8 Å². The molecular weight excluding hydrogens is 402 g/mol. The van der Waals surface area contributed by atoms with Gasteiger partial charge in [0.15, 0.2) is 0 Å². The summed E-state index contributed by atoms with van der Waals surface area (Å²) in [5.41, 5.74) is 2.11. The average molecular weight is 420 g/mol. The summed E-state index contributed by atoms with van der Waals surface area (Å²) in [4.78, 5) is 25.0. The van der Waals surface area contributed by atoms with Crippen molar-refractivity contribution in [3.8, 4) is 0 Å². The molecule has 2 aromatic heterocycles. The number of thioether (sulfide) groups is 2. The zero-order valence-corrected chi connectivity index (χ0v) is 17.0. The van der Waals surface area contributed by atoms with Crippen molar-refractivity contribution in [1.29, 1.82) is 0 Å². The quantitative estimate of drug-likeness (QED) is 0.464. The third-order valence-electron chi connectivity index (χ3n) is 4.71. The highest BCUT2D eigenvalue weighted by Gasteiger charge is 2.32. The molecule has 1 amide bonds. The molecule has 0 aliphatic carbocycles. The first-order chi connectivity index (χ1) is 14.3. The summed E-state index contributed by atoms with van der Waals surface area (Å²) in [6.45, 7) is 0. The monoisotopic (exact) mass is 419 g/mol. The fourth-order valence-electron chi connectivity index (χ4n) is 3.39. The van der Waals surface area contributed by atoms with Gasteiger partial charge in [0.05, 0.1) is 17.5 Å². The molecule has 0 spiro atoms. The lowest BCUT2D eigenvalue weighted by atomic mass is 10.1. The molecule has 0 saturated carbocycles. The van der Waals surface area contributed by atoms with Gasteiger partial charge in [-0.1, -0.05) is 54.2 Å². The van der Waals surface area contributed by atoms with Crippen LogP contribution in [0, 0.1) is 0 Å². The highest BCUT2D eigenvalue weighted by atomic mass is 32.2. The highest BCUT2D eigenvalue weighted by molar-refractivity contribution is 8.00. The van der Waals surface area contributed by atoms with Gasteiger partial charge in [-0.3, -0.25) is 4.79 Å². The SMILES string of the molecule is O=C(CSc1nc2ncccn2n1)N1c2ccccc2SCC1c1ccccc1. The highest BCUT2D eigenvalue weighted by Crippen LogP contribution is 2.43. The minimum Gasteiger partial charge on any atom is -0.302 e. The Morgan fingerprint density at radius 2 is 1.93 bits per heavy atom. The second-order valence-electron chi connectivity index (χ2n) is 6.52. The predicted molar refractivity (Wildman–Crippen MR) is 115 cm³/mol. The van der Waals surface area contributed by atoms with Gasteiger partial charge in [0.2, 0.25) is 11.1 Å². The molecule has 3 heterocycles. The van der Waals surface area contributed by atoms with E-state index in [-0.39, 0.29) is 17.7 Å². The average Bonchev–Trinajstić information content (AvgIpc) is 3.20. The summed E-state index contributed by atoms with van der Waals surface area (Å²) in [7, 11) is 0. The van der Waals surface area contributed by atoms with Crippen molar-refractivity contribution in [2.45, 2.75) is 16.1 Å². The van der Waals surface area contributed by atoms with E-state index < -0.39 is 0 Å². The summed E-state index contributed by atoms with van der Waals surface area (Å²) >= 11 is 3.13. The Labute approximate surface area is 176 Å². The van der Waals surface area contributed by atoms with Crippen LogP contribution in [0.15, 0.2) is 83.1 Å². The van der Waals surface area contributed by atoms with Crippen LogP contribution in [-0.4, -0.2) is 37.0 Å². The Morgan fingerprint density at radius 3 is 2.79 bits per heavy atom. The lowest BCUT2D eigenvalue weighted by Crippen LogP contribution is -2.39. The number of amides is 1. The molecule has 8 heteroatoms. The van der Waals surface area contributed by atoms with Crippen LogP contribution in [0.2, 0.25) is 0 Å². The van der Waals surface area contributed by atoms with E-state index in [1.807, 2.05) is 41.3 Å². The fourth-order valence-corrected chi connectivity index (χ4v) is 5.24. The van der Waals surface area contributed by atoms with Crippen LogP contribution in [-0.2, 0) is 4.79 Å². The molecule has 0 radical (unpaired) electrons. The van der Waals surface area contributed by atoms with Crippen LogP contribution >= 0.6 is 23.5 Å². The molecule has 0 bridgehead atoms. The number of rotatable bonds is 4. The summed E-state index contributed by atoms with van der Waals surface area (Å²) in [6.07, 6.45) is 3.47. The van der Waals surface area contributed by atoms with Crippen molar-refractivity contribution in [3.05, 3.63) is 78.6 Å². The van der Waals surface area contributed by atoms with Gasteiger partial charge in [-0.25, -0.2) is 9.50 Å². The fraction of sp³-hybridized carbons (Fsp3) is 0.143. The molecular formula is C21H17N5OS2. The number of hydrogen-bond donors (Lipinski definition) is 0. The van der Waals surface area contributed by atoms with Gasteiger partial charge in [0.25, 0.3) is 5.78 Å². The second kappa shape index (κ2) is 7.88. The molecule has 2 aromatic carbocycles. The molecule has 5 rings (SSSR count). The van der Waals surface area contributed by atoms with Crippen molar-refractivity contribution in [3.63, 3.8) is 0 Å². The number of fused-ring (bicyclic) bond motifs is 2. The molecule has 1 aliphatic rings. The van der Waals surface area contributed by atoms with Crippen LogP contribution in [0.4, 0.5) is 5.69 Å². The van der Waals surface area contributed by atoms with E-state index in [0.29, 0.717) is 10.9 Å². The largest absolute Gasteiger partial charge is 0.302 e. The zero-order chi connectivity index (χ0) is 19.6. The van der Waals surface area contributed by atoms with Gasteiger partial charge in [-0.2, -0.15) is 4.98 Å². The third kappa shape index (κ3) is 3.61. The minimum absolute atomic E-state index is 0.0000977. The lowest BCUT2D eigenvalue weighted by molar-refractivity contribution is -0.116. The number of nitrogens with zero attached hydrogens (tertiary/aromatic N) is 5. The second-order valence-corrected chi connectivity index (χ2v) is 8.52. The summed E-state index contributed by atoms with van der Waals surface area (Å²) < 4.78 is 1.62. The van der Waals surface area contributed by atoms with E-state index in [4.69, 9.17) is 0 Å². The van der Waals surface area contributed by atoms with Crippen LogP contribution < -0.4 is 4.90 Å². The third-order valence-corrected chi connectivity index (χ3v) is 6.67. The van der Waals surface area contributed by atoms with Crippen LogP contribution in [0.25, 0.3) is 5.78 Å². The molecule has 4 aromatic rings. The zero-order valence-electron chi connectivity index (χ0n) is 15.4. The topological polar surface area (TPSA) is 63.4 Å². The number of aromatic nitrogens is 4. The van der Waals surface area contributed by atoms with E-state index in [9.17, 15) is 4.79 Å². The molecule has 0 N–H and O–H groups in total. The van der Waals surface area contributed by atoms with E-state index in [2.05, 4.69) is 33.3 Å². The van der Waals surface area contributed by atoms with Crippen LogP contribution in [0.1, 0.15) is 11.6 Å². The lowest BCUT2D eigenvalue weighted by Gasteiger charge is -2.37. The van der Waals surface area contributed by atoms with Gasteiger partial charge in [0, 0.05) is 23.0 Å². The number of carbonyl (C=O) groups is 1. The summed E-state index contributed by atoms with van der Waals surface area (Å²) in [5.74, 6) is 1.67.